The number of pyridine rings is 1. The second-order valence-corrected chi connectivity index (χ2v) is 4.51. The number of carbonyl (C=O) groups excluding carboxylic acids is 1. The van der Waals surface area contributed by atoms with Crippen molar-refractivity contribution in [1.29, 1.82) is 0 Å². The summed E-state index contributed by atoms with van der Waals surface area (Å²) in [6.45, 7) is 4.84. The number of nitrogens with zero attached hydrogens (tertiary/aromatic N) is 1. The Labute approximate surface area is 101 Å². The van der Waals surface area contributed by atoms with Gasteiger partial charge in [0.1, 0.15) is 0 Å². The molecule has 2 rings (SSSR count). The van der Waals surface area contributed by atoms with Crippen molar-refractivity contribution in [3.05, 3.63) is 42.1 Å². The highest BCUT2D eigenvalue weighted by molar-refractivity contribution is 5.97. The number of fused-ring (bicyclic) bond motifs is 1. The van der Waals surface area contributed by atoms with Crippen LogP contribution in [0.3, 0.4) is 0 Å². The van der Waals surface area contributed by atoms with E-state index in [-0.39, 0.29) is 5.91 Å². The first-order valence-corrected chi connectivity index (χ1v) is 5.80. The number of amides is 1. The monoisotopic (exact) mass is 228 g/mol. The second kappa shape index (κ2) is 4.95. The van der Waals surface area contributed by atoms with Gasteiger partial charge in [0.05, 0.1) is 5.52 Å². The Morgan fingerprint density at radius 1 is 1.35 bits per heavy atom. The molecule has 0 bridgehead atoms. The van der Waals surface area contributed by atoms with Crippen molar-refractivity contribution in [2.45, 2.75) is 13.8 Å². The number of hydrogen-bond acceptors (Lipinski definition) is 2. The molecule has 1 N–H and O–H groups in total. The molecule has 0 unspecified atom stereocenters. The van der Waals surface area contributed by atoms with E-state index < -0.39 is 0 Å². The summed E-state index contributed by atoms with van der Waals surface area (Å²) in [5.74, 6) is 0.420. The van der Waals surface area contributed by atoms with Gasteiger partial charge >= 0.3 is 0 Å². The largest absolute Gasteiger partial charge is 0.352 e. The highest BCUT2D eigenvalue weighted by Crippen LogP contribution is 2.13. The second-order valence-electron chi connectivity index (χ2n) is 4.51. The molecule has 0 aliphatic heterocycles. The number of rotatable bonds is 3. The number of nitrogens with one attached hydrogen (secondary N) is 1. The molecule has 1 amide bonds. The molecule has 3 heteroatoms. The minimum atomic E-state index is -0.0359. The van der Waals surface area contributed by atoms with Gasteiger partial charge in [0, 0.05) is 23.7 Å². The van der Waals surface area contributed by atoms with Gasteiger partial charge in [-0.25, -0.2) is 0 Å². The van der Waals surface area contributed by atoms with E-state index in [4.69, 9.17) is 0 Å². The van der Waals surface area contributed by atoms with Crippen molar-refractivity contribution in [2.24, 2.45) is 5.92 Å². The van der Waals surface area contributed by atoms with Gasteiger partial charge in [0.15, 0.2) is 0 Å². The highest BCUT2D eigenvalue weighted by Gasteiger charge is 2.06. The van der Waals surface area contributed by atoms with Crippen LogP contribution in [0.25, 0.3) is 10.9 Å². The van der Waals surface area contributed by atoms with Crippen LogP contribution < -0.4 is 5.32 Å². The number of hydrogen-bond donors (Lipinski definition) is 1. The molecule has 0 aliphatic carbocycles. The fraction of sp³-hybridized carbons (Fsp3) is 0.286. The van der Waals surface area contributed by atoms with Gasteiger partial charge in [-0.1, -0.05) is 26.0 Å². The Hall–Kier alpha value is -1.90. The van der Waals surface area contributed by atoms with E-state index in [9.17, 15) is 4.79 Å². The molecule has 0 spiro atoms. The Bertz CT molecular complexity index is 534. The van der Waals surface area contributed by atoms with Gasteiger partial charge in [0.25, 0.3) is 5.91 Å². The van der Waals surface area contributed by atoms with Crippen LogP contribution in [0.15, 0.2) is 36.5 Å². The van der Waals surface area contributed by atoms with Crippen LogP contribution in [0.2, 0.25) is 0 Å². The van der Waals surface area contributed by atoms with Gasteiger partial charge < -0.3 is 5.32 Å². The fourth-order valence-corrected chi connectivity index (χ4v) is 1.61. The lowest BCUT2D eigenvalue weighted by Gasteiger charge is -2.07. The third-order valence-electron chi connectivity index (χ3n) is 2.54. The maximum absolute atomic E-state index is 11.9. The van der Waals surface area contributed by atoms with E-state index >= 15 is 0 Å². The molecule has 1 heterocycles. The Morgan fingerprint density at radius 2 is 2.18 bits per heavy atom. The van der Waals surface area contributed by atoms with Crippen molar-refractivity contribution in [2.75, 3.05) is 6.54 Å². The average Bonchev–Trinajstić information content (AvgIpc) is 2.35. The Morgan fingerprint density at radius 3 is 2.94 bits per heavy atom. The van der Waals surface area contributed by atoms with Crippen LogP contribution in [0.4, 0.5) is 0 Å². The predicted molar refractivity (Wildman–Crippen MR) is 68.9 cm³/mol. The first-order valence-electron chi connectivity index (χ1n) is 5.80. The first kappa shape index (κ1) is 11.6. The summed E-state index contributed by atoms with van der Waals surface area (Å²) in [7, 11) is 0. The van der Waals surface area contributed by atoms with Gasteiger partial charge in [-0.2, -0.15) is 0 Å². The van der Waals surface area contributed by atoms with Gasteiger partial charge in [-0.3, -0.25) is 9.78 Å². The molecule has 2 aromatic rings. The molecule has 0 saturated carbocycles. The molecule has 0 radical (unpaired) electrons. The van der Waals surface area contributed by atoms with Crippen molar-refractivity contribution in [3.8, 4) is 0 Å². The summed E-state index contributed by atoms with van der Waals surface area (Å²) in [5, 5.41) is 3.95. The van der Waals surface area contributed by atoms with Crippen LogP contribution in [0.1, 0.15) is 24.2 Å². The third kappa shape index (κ3) is 2.81. The minimum absolute atomic E-state index is 0.0359. The molecule has 1 aromatic heterocycles. The molecule has 1 aromatic carbocycles. The van der Waals surface area contributed by atoms with Crippen LogP contribution in [-0.2, 0) is 0 Å². The Balaban J connectivity index is 2.21. The summed E-state index contributed by atoms with van der Waals surface area (Å²) in [5.41, 5.74) is 1.52. The topological polar surface area (TPSA) is 42.0 Å². The van der Waals surface area contributed by atoms with E-state index in [0.29, 0.717) is 18.0 Å². The van der Waals surface area contributed by atoms with E-state index in [2.05, 4.69) is 24.1 Å². The van der Waals surface area contributed by atoms with Gasteiger partial charge in [0.2, 0.25) is 0 Å². The molecule has 3 nitrogen and oxygen atoms in total. The van der Waals surface area contributed by atoms with Crippen molar-refractivity contribution in [1.82, 2.24) is 10.3 Å². The standard InChI is InChI=1S/C14H16N2O/c1-10(2)9-16-14(17)12-6-5-11-4-3-7-15-13(11)8-12/h3-8,10H,9H2,1-2H3,(H,16,17). The van der Waals surface area contributed by atoms with Crippen molar-refractivity contribution >= 4 is 16.8 Å². The van der Waals surface area contributed by atoms with E-state index in [1.807, 2.05) is 30.3 Å². The summed E-state index contributed by atoms with van der Waals surface area (Å²) in [6.07, 6.45) is 1.73. The normalized spacial score (nSPS) is 10.8. The maximum atomic E-state index is 11.9. The third-order valence-corrected chi connectivity index (χ3v) is 2.54. The number of benzene rings is 1. The molecule has 0 fully saturated rings. The van der Waals surface area contributed by atoms with Gasteiger partial charge in [-0.05, 0) is 24.1 Å². The van der Waals surface area contributed by atoms with E-state index in [0.717, 1.165) is 10.9 Å². The van der Waals surface area contributed by atoms with Crippen LogP contribution >= 0.6 is 0 Å². The smallest absolute Gasteiger partial charge is 0.251 e. The summed E-state index contributed by atoms with van der Waals surface area (Å²) >= 11 is 0. The molecular formula is C14H16N2O. The molecular weight excluding hydrogens is 212 g/mol. The molecule has 0 atom stereocenters. The van der Waals surface area contributed by atoms with Crippen LogP contribution in [0, 0.1) is 5.92 Å². The van der Waals surface area contributed by atoms with Gasteiger partial charge in [-0.15, -0.1) is 0 Å². The lowest BCUT2D eigenvalue weighted by molar-refractivity contribution is 0.0949. The molecule has 0 aliphatic rings. The summed E-state index contributed by atoms with van der Waals surface area (Å²) in [4.78, 5) is 16.1. The molecule has 88 valence electrons. The lowest BCUT2D eigenvalue weighted by Crippen LogP contribution is -2.27. The minimum Gasteiger partial charge on any atom is -0.352 e. The zero-order valence-corrected chi connectivity index (χ0v) is 10.1. The zero-order chi connectivity index (χ0) is 12.3. The zero-order valence-electron chi connectivity index (χ0n) is 10.1. The average molecular weight is 228 g/mol. The molecule has 0 saturated heterocycles. The van der Waals surface area contributed by atoms with Crippen molar-refractivity contribution in [3.63, 3.8) is 0 Å². The Kier molecular flexibility index (Phi) is 3.38. The fourth-order valence-electron chi connectivity index (χ4n) is 1.61. The van der Waals surface area contributed by atoms with E-state index in [1.165, 1.54) is 0 Å². The van der Waals surface area contributed by atoms with Crippen molar-refractivity contribution < 1.29 is 4.79 Å². The van der Waals surface area contributed by atoms with Crippen LogP contribution in [-0.4, -0.2) is 17.4 Å². The quantitative estimate of drug-likeness (QED) is 0.877. The van der Waals surface area contributed by atoms with Crippen LogP contribution in [0.5, 0.6) is 0 Å². The predicted octanol–water partition coefficient (Wildman–Crippen LogP) is 2.62. The first-order chi connectivity index (χ1) is 8.16. The number of aromatic nitrogens is 1. The highest BCUT2D eigenvalue weighted by atomic mass is 16.1. The SMILES string of the molecule is CC(C)CNC(=O)c1ccc2cccnc2c1. The number of carbonyl (C=O) groups is 1. The van der Waals surface area contributed by atoms with E-state index in [1.54, 1.807) is 6.20 Å². The maximum Gasteiger partial charge on any atom is 0.251 e. The lowest BCUT2D eigenvalue weighted by atomic mass is 10.1. The summed E-state index contributed by atoms with van der Waals surface area (Å²) in [6, 6.07) is 9.45. The summed E-state index contributed by atoms with van der Waals surface area (Å²) < 4.78 is 0. The molecule has 17 heavy (non-hydrogen) atoms.